The number of ether oxygens (including phenoxy) is 1. The van der Waals surface area contributed by atoms with Crippen LogP contribution in [0.2, 0.25) is 0 Å². The van der Waals surface area contributed by atoms with Crippen molar-refractivity contribution in [2.24, 2.45) is 0 Å². The molecule has 19 heavy (non-hydrogen) atoms. The van der Waals surface area contributed by atoms with Crippen molar-refractivity contribution in [3.8, 4) is 0 Å². The first kappa shape index (κ1) is 14.1. The lowest BCUT2D eigenvalue weighted by Crippen LogP contribution is -2.16. The highest BCUT2D eigenvalue weighted by Gasteiger charge is 2.14. The number of aromatic nitrogens is 2. The minimum atomic E-state index is 0.477. The third kappa shape index (κ3) is 5.03. The van der Waals surface area contributed by atoms with Crippen LogP contribution < -0.4 is 10.6 Å². The maximum Gasteiger partial charge on any atom is 0.147 e. The molecule has 1 aliphatic carbocycles. The Morgan fingerprint density at radius 2 is 1.84 bits per heavy atom. The van der Waals surface area contributed by atoms with E-state index in [0.717, 1.165) is 37.8 Å². The van der Waals surface area contributed by atoms with Crippen molar-refractivity contribution in [1.82, 2.24) is 9.97 Å². The highest BCUT2D eigenvalue weighted by Crippen LogP contribution is 2.20. The number of nitrogens with zero attached hydrogens (tertiary/aromatic N) is 2. The van der Waals surface area contributed by atoms with E-state index in [1.165, 1.54) is 25.7 Å². The van der Waals surface area contributed by atoms with Crippen LogP contribution >= 0.6 is 0 Å². The van der Waals surface area contributed by atoms with Gasteiger partial charge in [-0.2, -0.15) is 0 Å². The first-order valence-corrected chi connectivity index (χ1v) is 7.30. The monoisotopic (exact) mass is 264 g/mol. The van der Waals surface area contributed by atoms with E-state index in [-0.39, 0.29) is 0 Å². The van der Waals surface area contributed by atoms with Crippen molar-refractivity contribution in [3.05, 3.63) is 12.4 Å². The summed E-state index contributed by atoms with van der Waals surface area (Å²) in [7, 11) is 0. The standard InChI is InChI=1S/C14H24N4O/c1-2-7-16-13-10-15-11-14(18-13)17-8-9-19-12-5-3-4-6-12/h10-12H,2-9H2,1H3,(H2,16,17,18). The van der Waals surface area contributed by atoms with Gasteiger partial charge in [-0.3, -0.25) is 4.98 Å². The number of rotatable bonds is 8. The molecule has 0 unspecified atom stereocenters. The number of hydrogen-bond donors (Lipinski definition) is 2. The molecule has 0 spiro atoms. The van der Waals surface area contributed by atoms with E-state index in [0.29, 0.717) is 6.10 Å². The number of nitrogens with one attached hydrogen (secondary N) is 2. The quantitative estimate of drug-likeness (QED) is 0.707. The van der Waals surface area contributed by atoms with Crippen LogP contribution in [0, 0.1) is 0 Å². The smallest absolute Gasteiger partial charge is 0.147 e. The van der Waals surface area contributed by atoms with E-state index < -0.39 is 0 Å². The second-order valence-electron chi connectivity index (χ2n) is 4.92. The molecule has 5 heteroatoms. The van der Waals surface area contributed by atoms with Crippen LogP contribution in [-0.2, 0) is 4.74 Å². The van der Waals surface area contributed by atoms with Gasteiger partial charge in [-0.05, 0) is 19.3 Å². The van der Waals surface area contributed by atoms with Crippen LogP contribution in [0.4, 0.5) is 11.6 Å². The SMILES string of the molecule is CCCNc1cncc(NCCOC2CCCC2)n1. The molecule has 2 rings (SSSR count). The molecule has 1 heterocycles. The van der Waals surface area contributed by atoms with Gasteiger partial charge in [-0.25, -0.2) is 4.98 Å². The highest BCUT2D eigenvalue weighted by atomic mass is 16.5. The van der Waals surface area contributed by atoms with E-state index in [4.69, 9.17) is 4.74 Å². The molecule has 0 atom stereocenters. The fourth-order valence-electron chi connectivity index (χ4n) is 2.25. The van der Waals surface area contributed by atoms with Gasteiger partial charge in [0.2, 0.25) is 0 Å². The fraction of sp³-hybridized carbons (Fsp3) is 0.714. The van der Waals surface area contributed by atoms with Gasteiger partial charge in [0.1, 0.15) is 11.6 Å². The molecule has 0 radical (unpaired) electrons. The van der Waals surface area contributed by atoms with Gasteiger partial charge in [0, 0.05) is 13.1 Å². The summed E-state index contributed by atoms with van der Waals surface area (Å²) >= 11 is 0. The third-order valence-electron chi connectivity index (χ3n) is 3.25. The van der Waals surface area contributed by atoms with Gasteiger partial charge >= 0.3 is 0 Å². The first-order valence-electron chi connectivity index (χ1n) is 7.30. The molecule has 0 aliphatic heterocycles. The van der Waals surface area contributed by atoms with Crippen molar-refractivity contribution in [2.45, 2.75) is 45.1 Å². The van der Waals surface area contributed by atoms with Crippen molar-refractivity contribution < 1.29 is 4.74 Å². The number of anilines is 2. The molecule has 1 fully saturated rings. The summed E-state index contributed by atoms with van der Waals surface area (Å²) in [4.78, 5) is 8.60. The van der Waals surface area contributed by atoms with Crippen molar-refractivity contribution >= 4 is 11.6 Å². The Bertz CT molecular complexity index is 366. The van der Waals surface area contributed by atoms with E-state index in [9.17, 15) is 0 Å². The third-order valence-corrected chi connectivity index (χ3v) is 3.25. The van der Waals surface area contributed by atoms with Crippen LogP contribution in [0.3, 0.4) is 0 Å². The predicted octanol–water partition coefficient (Wildman–Crippen LogP) is 2.67. The molecular formula is C14H24N4O. The lowest BCUT2D eigenvalue weighted by molar-refractivity contribution is 0.0658. The van der Waals surface area contributed by atoms with Crippen molar-refractivity contribution in [3.63, 3.8) is 0 Å². The van der Waals surface area contributed by atoms with Gasteiger partial charge < -0.3 is 15.4 Å². The molecule has 106 valence electrons. The molecule has 2 N–H and O–H groups in total. The molecule has 5 nitrogen and oxygen atoms in total. The Morgan fingerprint density at radius 1 is 1.16 bits per heavy atom. The lowest BCUT2D eigenvalue weighted by atomic mass is 10.3. The van der Waals surface area contributed by atoms with Crippen LogP contribution in [0.25, 0.3) is 0 Å². The molecular weight excluding hydrogens is 240 g/mol. The average Bonchev–Trinajstić information content (AvgIpc) is 2.95. The van der Waals surface area contributed by atoms with Crippen LogP contribution in [0.1, 0.15) is 39.0 Å². The summed E-state index contributed by atoms with van der Waals surface area (Å²) in [5.74, 6) is 1.62. The zero-order chi connectivity index (χ0) is 13.3. The second-order valence-corrected chi connectivity index (χ2v) is 4.92. The Labute approximate surface area is 115 Å². The zero-order valence-corrected chi connectivity index (χ0v) is 11.7. The van der Waals surface area contributed by atoms with Gasteiger partial charge in [0.25, 0.3) is 0 Å². The summed E-state index contributed by atoms with van der Waals surface area (Å²) < 4.78 is 5.79. The molecule has 0 aromatic carbocycles. The van der Waals surface area contributed by atoms with Crippen LogP contribution in [0.5, 0.6) is 0 Å². The summed E-state index contributed by atoms with van der Waals surface area (Å²) in [6.45, 7) is 4.56. The van der Waals surface area contributed by atoms with Gasteiger partial charge in [-0.15, -0.1) is 0 Å². The topological polar surface area (TPSA) is 59.1 Å². The van der Waals surface area contributed by atoms with Crippen molar-refractivity contribution in [1.29, 1.82) is 0 Å². The Hall–Kier alpha value is -1.36. The molecule has 0 saturated heterocycles. The van der Waals surface area contributed by atoms with Gasteiger partial charge in [0.15, 0.2) is 0 Å². The fourth-order valence-corrected chi connectivity index (χ4v) is 2.25. The van der Waals surface area contributed by atoms with E-state index >= 15 is 0 Å². The molecule has 0 amide bonds. The van der Waals surface area contributed by atoms with Crippen molar-refractivity contribution in [2.75, 3.05) is 30.3 Å². The zero-order valence-electron chi connectivity index (χ0n) is 11.7. The maximum atomic E-state index is 5.79. The number of hydrogen-bond acceptors (Lipinski definition) is 5. The first-order chi connectivity index (χ1) is 9.38. The van der Waals surface area contributed by atoms with E-state index in [1.807, 2.05) is 0 Å². The molecule has 1 aliphatic rings. The van der Waals surface area contributed by atoms with Crippen LogP contribution in [0.15, 0.2) is 12.4 Å². The summed E-state index contributed by atoms with van der Waals surface area (Å²) in [5.41, 5.74) is 0. The molecule has 0 bridgehead atoms. The normalized spacial score (nSPS) is 15.6. The summed E-state index contributed by atoms with van der Waals surface area (Å²) in [6.07, 6.45) is 10.1. The summed E-state index contributed by atoms with van der Waals surface area (Å²) in [5, 5.41) is 6.47. The largest absolute Gasteiger partial charge is 0.376 e. The summed E-state index contributed by atoms with van der Waals surface area (Å²) in [6, 6.07) is 0. The minimum absolute atomic E-state index is 0.477. The second kappa shape index (κ2) is 7.94. The van der Waals surface area contributed by atoms with E-state index in [2.05, 4.69) is 27.5 Å². The molecule has 1 aromatic rings. The van der Waals surface area contributed by atoms with E-state index in [1.54, 1.807) is 12.4 Å². The maximum absolute atomic E-state index is 5.79. The lowest BCUT2D eigenvalue weighted by Gasteiger charge is -2.12. The minimum Gasteiger partial charge on any atom is -0.376 e. The Balaban J connectivity index is 1.66. The molecule has 1 saturated carbocycles. The Kier molecular flexibility index (Phi) is 5.88. The van der Waals surface area contributed by atoms with Gasteiger partial charge in [0.05, 0.1) is 25.1 Å². The Morgan fingerprint density at radius 3 is 2.53 bits per heavy atom. The van der Waals surface area contributed by atoms with Gasteiger partial charge in [-0.1, -0.05) is 19.8 Å². The molecule has 1 aromatic heterocycles. The highest BCUT2D eigenvalue weighted by molar-refractivity contribution is 5.41. The van der Waals surface area contributed by atoms with Crippen LogP contribution in [-0.4, -0.2) is 35.8 Å². The predicted molar refractivity (Wildman–Crippen MR) is 77.5 cm³/mol. The average molecular weight is 264 g/mol.